The summed E-state index contributed by atoms with van der Waals surface area (Å²) >= 11 is 1.12. The first-order valence-electron chi connectivity index (χ1n) is 29.7. The summed E-state index contributed by atoms with van der Waals surface area (Å²) in [6.45, 7) is 23.9. The van der Waals surface area contributed by atoms with E-state index in [1.807, 2.05) is 74.4 Å². The second-order valence-electron chi connectivity index (χ2n) is 25.3. The second kappa shape index (κ2) is 35.2. The fraction of sp³-hybridized carbons (Fsp3) is 0.814. The fourth-order valence-electron chi connectivity index (χ4n) is 9.99. The number of carbonyl (C=O) groups excluding carboxylic acids is 11. The first-order chi connectivity index (χ1) is 38.8. The van der Waals surface area contributed by atoms with Crippen LogP contribution in [0.4, 0.5) is 0 Å². The van der Waals surface area contributed by atoms with E-state index < -0.39 is 150 Å². The molecule has 0 bridgehead atoms. The normalized spacial score (nSPS) is 26.6. The summed E-state index contributed by atoms with van der Waals surface area (Å²) in [4.78, 5) is 170. The van der Waals surface area contributed by atoms with Crippen molar-refractivity contribution in [2.24, 2.45) is 35.5 Å². The predicted molar refractivity (Wildman–Crippen MR) is 326 cm³/mol. The van der Waals surface area contributed by atoms with Crippen LogP contribution in [0.2, 0.25) is 0 Å². The molecule has 1 aliphatic heterocycles. The summed E-state index contributed by atoms with van der Waals surface area (Å²) in [5, 5.41) is 20.4. The third-order valence-corrected chi connectivity index (χ3v) is 16.6. The molecule has 0 aromatic rings. The average molecular weight is 1210 g/mol. The summed E-state index contributed by atoms with van der Waals surface area (Å²) in [7, 11) is 13.6. The molecule has 11 atom stereocenters. The number of amides is 11. The molecule has 482 valence electrons. The van der Waals surface area contributed by atoms with Crippen LogP contribution >= 0.6 is 11.8 Å². The van der Waals surface area contributed by atoms with Crippen molar-refractivity contribution in [2.45, 2.75) is 189 Å². The van der Waals surface area contributed by atoms with Crippen molar-refractivity contribution in [2.75, 3.05) is 88.9 Å². The molecule has 25 heteroatoms. The summed E-state index contributed by atoms with van der Waals surface area (Å²) in [5.41, 5.74) is 0. The van der Waals surface area contributed by atoms with Crippen LogP contribution in [0.5, 0.6) is 0 Å². The van der Waals surface area contributed by atoms with Crippen LogP contribution in [0.15, 0.2) is 0 Å². The molecule has 1 fully saturated rings. The van der Waals surface area contributed by atoms with E-state index in [-0.39, 0.29) is 55.8 Å². The number of aliphatic hydroxyl groups is 1. The largest absolute Gasteiger partial charge is 0.396 e. The molecule has 0 aliphatic carbocycles. The molecule has 5 N–H and O–H groups in total. The van der Waals surface area contributed by atoms with E-state index in [9.17, 15) is 48.3 Å². The van der Waals surface area contributed by atoms with Crippen LogP contribution < -0.4 is 21.3 Å². The number of hydrogen-bond donors (Lipinski definition) is 5. The molecule has 0 aromatic heterocycles. The average Bonchev–Trinajstić information content (AvgIpc) is 3.46. The lowest BCUT2D eigenvalue weighted by atomic mass is 9.95. The Morgan fingerprint density at radius 1 is 0.500 bits per heavy atom. The van der Waals surface area contributed by atoms with E-state index in [4.69, 9.17) is 0 Å². The standard InChI is InChI=1S/C59H108N12O12S/c1-24-41-54(79)65(17)31-46(73)66(18)42(27-33(2)3)51(76)63-47(37(10)11)57(82)67(19)43(28-34(4)5)50(75)60-39(13)49(74)61-40(14)53(78)68(20)44(29-35(6)7)55(80)69(21)45(30-36(8)9)56(81)70(22)48(38(12)32-72)58(83)71(23)59(52(77)62-41)84-26-25-64(15)16/h33-45,47-48,59,72H,24-32H2,1-23H3,(H,60,75)(H,61,74)(H,62,77)(H,63,76)/t38?,39-,40+,41-,42-,43-,44-,45-,47-,48-,59-/m0/s1. The highest BCUT2D eigenvalue weighted by atomic mass is 32.2. The quantitative estimate of drug-likeness (QED) is 0.147. The molecule has 1 rings (SSSR count). The Morgan fingerprint density at radius 2 is 0.929 bits per heavy atom. The van der Waals surface area contributed by atoms with E-state index in [1.54, 1.807) is 27.7 Å². The van der Waals surface area contributed by atoms with Crippen molar-refractivity contribution in [1.29, 1.82) is 0 Å². The van der Waals surface area contributed by atoms with Crippen LogP contribution in [-0.2, 0) is 52.7 Å². The van der Waals surface area contributed by atoms with Gasteiger partial charge in [0.05, 0.1) is 6.54 Å². The number of carbonyl (C=O) groups is 11. The Bertz CT molecular complexity index is 2250. The smallest absolute Gasteiger partial charge is 0.253 e. The maximum atomic E-state index is 15.1. The summed E-state index contributed by atoms with van der Waals surface area (Å²) in [6.07, 6.45) is 0.678. The highest BCUT2D eigenvalue weighted by Crippen LogP contribution is 2.26. The lowest BCUT2D eigenvalue weighted by Crippen LogP contribution is -2.61. The number of rotatable bonds is 16. The molecule has 11 amide bonds. The van der Waals surface area contributed by atoms with Crippen molar-refractivity contribution >= 4 is 76.7 Å². The number of hydrogen-bond acceptors (Lipinski definition) is 14. The van der Waals surface area contributed by atoms with Gasteiger partial charge < -0.3 is 65.6 Å². The highest BCUT2D eigenvalue weighted by molar-refractivity contribution is 8.00. The Kier molecular flexibility index (Phi) is 32.0. The van der Waals surface area contributed by atoms with Gasteiger partial charge in [0.2, 0.25) is 59.1 Å². The minimum atomic E-state index is -1.38. The van der Waals surface area contributed by atoms with E-state index in [2.05, 4.69) is 21.3 Å². The van der Waals surface area contributed by atoms with Crippen molar-refractivity contribution in [3.05, 3.63) is 0 Å². The highest BCUT2D eigenvalue weighted by Gasteiger charge is 2.44. The molecule has 1 saturated heterocycles. The van der Waals surface area contributed by atoms with Gasteiger partial charge in [0.15, 0.2) is 5.37 Å². The predicted octanol–water partition coefficient (Wildman–Crippen LogP) is 1.53. The van der Waals surface area contributed by atoms with Crippen LogP contribution in [0, 0.1) is 35.5 Å². The maximum absolute atomic E-state index is 15.1. The van der Waals surface area contributed by atoms with Crippen LogP contribution in [0.1, 0.15) is 129 Å². The zero-order valence-electron chi connectivity index (χ0n) is 55.0. The van der Waals surface area contributed by atoms with Gasteiger partial charge >= 0.3 is 0 Å². The van der Waals surface area contributed by atoms with Gasteiger partial charge in [-0.2, -0.15) is 0 Å². The van der Waals surface area contributed by atoms with Crippen molar-refractivity contribution in [3.8, 4) is 0 Å². The van der Waals surface area contributed by atoms with E-state index in [0.717, 1.165) is 16.7 Å². The molecule has 0 radical (unpaired) electrons. The maximum Gasteiger partial charge on any atom is 0.253 e. The molecule has 84 heavy (non-hydrogen) atoms. The monoisotopic (exact) mass is 1210 g/mol. The summed E-state index contributed by atoms with van der Waals surface area (Å²) < 4.78 is 0. The Morgan fingerprint density at radius 3 is 1.38 bits per heavy atom. The lowest BCUT2D eigenvalue weighted by molar-refractivity contribution is -0.155. The van der Waals surface area contributed by atoms with Gasteiger partial charge in [0.25, 0.3) is 5.91 Å². The van der Waals surface area contributed by atoms with Crippen molar-refractivity contribution < 1.29 is 57.8 Å². The summed E-state index contributed by atoms with van der Waals surface area (Å²) in [5.74, 6) is -8.89. The SMILES string of the molecule is CC[C@@H]1NC(=O)[C@H](SCCN(C)C)N(C)C(=O)[C@H](C(C)CO)N(C)C(=O)[C@H](CC(C)C)N(C)C(=O)[C@H](CC(C)C)N(C)C(=O)[C@@H](C)NC(=O)[C@H](C)NC(=O)[C@H](CC(C)C)N(C)C(=O)[C@H](C(C)C)NC(=O)[C@H](CC(C)C)N(C)C(=O)CN(C)C1=O. The molecule has 1 unspecified atom stereocenters. The number of nitrogens with one attached hydrogen (secondary N) is 4. The molecule has 0 aromatic carbocycles. The first-order valence-corrected chi connectivity index (χ1v) is 30.8. The number of likely N-dealkylation sites (N-methyl/N-ethyl adjacent to an activating group) is 7. The molecule has 1 heterocycles. The van der Waals surface area contributed by atoms with Gasteiger partial charge in [0, 0.05) is 74.2 Å². The molecular formula is C59H108N12O12S. The van der Waals surface area contributed by atoms with Crippen molar-refractivity contribution in [1.82, 2.24) is 60.5 Å². The van der Waals surface area contributed by atoms with Gasteiger partial charge in [-0.25, -0.2) is 0 Å². The molecule has 24 nitrogen and oxygen atoms in total. The van der Waals surface area contributed by atoms with E-state index in [1.165, 1.54) is 92.6 Å². The van der Waals surface area contributed by atoms with Crippen LogP contribution in [0.25, 0.3) is 0 Å². The number of aliphatic hydroxyl groups excluding tert-OH is 1. The first kappa shape index (κ1) is 76.5. The second-order valence-corrected chi connectivity index (χ2v) is 26.5. The molecular weight excluding hydrogens is 1100 g/mol. The minimum Gasteiger partial charge on any atom is -0.396 e. The minimum absolute atomic E-state index is 0.0722. The van der Waals surface area contributed by atoms with E-state index >= 15 is 9.59 Å². The molecule has 0 spiro atoms. The summed E-state index contributed by atoms with van der Waals surface area (Å²) in [6, 6.07) is -10.8. The van der Waals surface area contributed by atoms with Crippen LogP contribution in [-0.4, -0.2) is 258 Å². The Labute approximate surface area is 506 Å². The Balaban J connectivity index is 4.27. The Hall–Kier alpha value is -5.56. The lowest BCUT2D eigenvalue weighted by Gasteiger charge is -2.41. The van der Waals surface area contributed by atoms with Crippen molar-refractivity contribution in [3.63, 3.8) is 0 Å². The molecule has 0 saturated carbocycles. The number of thioether (sulfide) groups is 1. The van der Waals surface area contributed by atoms with Gasteiger partial charge in [-0.3, -0.25) is 52.7 Å². The third kappa shape index (κ3) is 22.1. The zero-order chi connectivity index (χ0) is 65.1. The van der Waals surface area contributed by atoms with Crippen LogP contribution in [0.3, 0.4) is 0 Å². The van der Waals surface area contributed by atoms with Gasteiger partial charge in [0.1, 0.15) is 54.4 Å². The zero-order valence-corrected chi connectivity index (χ0v) is 55.8. The van der Waals surface area contributed by atoms with Gasteiger partial charge in [-0.05, 0) is 89.6 Å². The number of nitrogens with zero attached hydrogens (tertiary/aromatic N) is 8. The van der Waals surface area contributed by atoms with Gasteiger partial charge in [-0.15, -0.1) is 11.8 Å². The van der Waals surface area contributed by atoms with E-state index in [0.29, 0.717) is 12.3 Å². The van der Waals surface area contributed by atoms with Gasteiger partial charge in [-0.1, -0.05) is 83.1 Å². The molecule has 1 aliphatic rings. The third-order valence-electron chi connectivity index (χ3n) is 15.3. The topological polar surface area (TPSA) is 282 Å². The fourth-order valence-corrected chi connectivity index (χ4v) is 11.2.